The van der Waals surface area contributed by atoms with E-state index >= 15 is 0 Å². The van der Waals surface area contributed by atoms with Gasteiger partial charge in [-0.1, -0.05) is 17.7 Å². The third-order valence-corrected chi connectivity index (χ3v) is 6.22. The molecule has 1 aliphatic rings. The first-order valence-electron chi connectivity index (χ1n) is 7.83. The molecular weight excluding hydrogens is 362 g/mol. The van der Waals surface area contributed by atoms with Crippen molar-refractivity contribution in [2.75, 3.05) is 23.5 Å². The second-order valence-electron chi connectivity index (χ2n) is 5.94. The lowest BCUT2D eigenvalue weighted by Gasteiger charge is -2.29. The lowest BCUT2D eigenvalue weighted by Crippen LogP contribution is -2.41. The molecule has 132 valence electrons. The fraction of sp³-hybridized carbons (Fsp3) is 0.278. The Hall–Kier alpha value is -2.05. The van der Waals surface area contributed by atoms with Crippen molar-refractivity contribution in [2.24, 2.45) is 0 Å². The predicted molar refractivity (Wildman–Crippen MR) is 98.3 cm³/mol. The molecule has 1 fully saturated rings. The summed E-state index contributed by atoms with van der Waals surface area (Å²) < 4.78 is 29.1. The van der Waals surface area contributed by atoms with Crippen LogP contribution in [0.1, 0.15) is 16.8 Å². The molecule has 0 saturated carbocycles. The summed E-state index contributed by atoms with van der Waals surface area (Å²) in [7, 11) is -1.59. The molecule has 3 rings (SSSR count). The number of hydrogen-bond acceptors (Lipinski definition) is 4. The number of amides is 1. The molecule has 7 heteroatoms. The molecular formula is C18H18ClNO4S. The molecule has 1 atom stereocenters. The number of benzene rings is 2. The molecule has 0 N–H and O–H groups in total. The van der Waals surface area contributed by atoms with Crippen molar-refractivity contribution in [3.8, 4) is 5.75 Å². The van der Waals surface area contributed by atoms with E-state index in [1.54, 1.807) is 60.5 Å². The zero-order valence-corrected chi connectivity index (χ0v) is 15.3. The van der Waals surface area contributed by atoms with E-state index in [4.69, 9.17) is 16.3 Å². The van der Waals surface area contributed by atoms with Gasteiger partial charge in [0, 0.05) is 22.3 Å². The zero-order valence-electron chi connectivity index (χ0n) is 13.7. The van der Waals surface area contributed by atoms with Crippen LogP contribution in [0.4, 0.5) is 5.69 Å². The summed E-state index contributed by atoms with van der Waals surface area (Å²) in [5.74, 6) is 0.398. The zero-order chi connectivity index (χ0) is 18.0. The van der Waals surface area contributed by atoms with E-state index < -0.39 is 15.9 Å². The molecule has 0 spiro atoms. The first-order chi connectivity index (χ1) is 11.9. The van der Waals surface area contributed by atoms with Crippen LogP contribution < -0.4 is 9.64 Å². The van der Waals surface area contributed by atoms with Gasteiger partial charge < -0.3 is 9.64 Å². The fourth-order valence-electron chi connectivity index (χ4n) is 2.96. The summed E-state index contributed by atoms with van der Waals surface area (Å²) in [6.07, 6.45) is 0.416. The summed E-state index contributed by atoms with van der Waals surface area (Å²) in [5, 5.41) is 0.535. The highest BCUT2D eigenvalue weighted by atomic mass is 35.5. The Labute approximate surface area is 152 Å². The van der Waals surface area contributed by atoms with E-state index in [9.17, 15) is 13.2 Å². The van der Waals surface area contributed by atoms with E-state index in [-0.39, 0.29) is 17.4 Å². The second-order valence-corrected chi connectivity index (χ2v) is 8.61. The van der Waals surface area contributed by atoms with Crippen molar-refractivity contribution in [3.63, 3.8) is 0 Å². The predicted octanol–water partition coefficient (Wildman–Crippen LogP) is 3.18. The van der Waals surface area contributed by atoms with Gasteiger partial charge in [0.25, 0.3) is 5.91 Å². The Balaban J connectivity index is 2.02. The lowest BCUT2D eigenvalue weighted by atomic mass is 10.1. The van der Waals surface area contributed by atoms with Gasteiger partial charge in [0.15, 0.2) is 9.84 Å². The van der Waals surface area contributed by atoms with E-state index in [2.05, 4.69) is 0 Å². The number of carbonyl (C=O) groups excluding carboxylic acids is 1. The topological polar surface area (TPSA) is 63.7 Å². The number of methoxy groups -OCH3 is 1. The molecule has 5 nitrogen and oxygen atoms in total. The molecule has 1 unspecified atom stereocenters. The average Bonchev–Trinajstić information content (AvgIpc) is 2.95. The lowest BCUT2D eigenvalue weighted by molar-refractivity contribution is 0.0979. The third-order valence-electron chi connectivity index (χ3n) is 4.22. The highest BCUT2D eigenvalue weighted by molar-refractivity contribution is 7.91. The van der Waals surface area contributed by atoms with Gasteiger partial charge in [0.05, 0.1) is 24.7 Å². The minimum atomic E-state index is -3.13. The average molecular weight is 380 g/mol. The first-order valence-corrected chi connectivity index (χ1v) is 10.0. The van der Waals surface area contributed by atoms with Crippen molar-refractivity contribution in [2.45, 2.75) is 12.5 Å². The summed E-state index contributed by atoms with van der Waals surface area (Å²) in [6, 6.07) is 13.2. The van der Waals surface area contributed by atoms with Crippen LogP contribution in [0.15, 0.2) is 48.5 Å². The number of ether oxygens (including phenoxy) is 1. The van der Waals surface area contributed by atoms with Crippen molar-refractivity contribution in [1.29, 1.82) is 0 Å². The monoisotopic (exact) mass is 379 g/mol. The van der Waals surface area contributed by atoms with E-state index in [0.717, 1.165) is 0 Å². The molecule has 1 amide bonds. The highest BCUT2D eigenvalue weighted by Gasteiger charge is 2.36. The summed E-state index contributed by atoms with van der Waals surface area (Å²) >= 11 is 5.90. The number of nitrogens with zero attached hydrogens (tertiary/aromatic N) is 1. The van der Waals surface area contributed by atoms with Crippen LogP contribution in [-0.2, 0) is 9.84 Å². The molecule has 25 heavy (non-hydrogen) atoms. The Morgan fingerprint density at radius 3 is 2.52 bits per heavy atom. The molecule has 0 radical (unpaired) electrons. The van der Waals surface area contributed by atoms with Crippen LogP contribution in [0.2, 0.25) is 5.02 Å². The molecule has 0 aromatic heterocycles. The standard InChI is InChI=1S/C18H18ClNO4S/c1-24-17-4-2-3-15(11-17)20(16-9-10-25(22,23)12-16)18(21)13-5-7-14(19)8-6-13/h2-8,11,16H,9-10,12H2,1H3. The third kappa shape index (κ3) is 3.96. The van der Waals surface area contributed by atoms with Crippen LogP contribution in [0.5, 0.6) is 5.75 Å². The van der Waals surface area contributed by atoms with E-state index in [0.29, 0.717) is 28.4 Å². The Morgan fingerprint density at radius 1 is 1.20 bits per heavy atom. The molecule has 1 heterocycles. The minimum Gasteiger partial charge on any atom is -0.497 e. The number of halogens is 1. The van der Waals surface area contributed by atoms with Crippen molar-refractivity contribution < 1.29 is 17.9 Å². The van der Waals surface area contributed by atoms with Gasteiger partial charge in [0.2, 0.25) is 0 Å². The van der Waals surface area contributed by atoms with Gasteiger partial charge in [-0.05, 0) is 42.8 Å². The summed E-state index contributed by atoms with van der Waals surface area (Å²) in [5.41, 5.74) is 1.07. The maximum absolute atomic E-state index is 13.1. The van der Waals surface area contributed by atoms with Crippen LogP contribution in [0.3, 0.4) is 0 Å². The Bertz CT molecular complexity index is 880. The quantitative estimate of drug-likeness (QED) is 0.818. The van der Waals surface area contributed by atoms with Crippen molar-refractivity contribution >= 4 is 33.0 Å². The molecule has 0 aliphatic carbocycles. The maximum Gasteiger partial charge on any atom is 0.258 e. The Kier molecular flexibility index (Phi) is 5.01. The van der Waals surface area contributed by atoms with Crippen LogP contribution in [0, 0.1) is 0 Å². The SMILES string of the molecule is COc1cccc(N(C(=O)c2ccc(Cl)cc2)C2CCS(=O)(=O)C2)c1. The number of sulfone groups is 1. The van der Waals surface area contributed by atoms with E-state index in [1.807, 2.05) is 0 Å². The highest BCUT2D eigenvalue weighted by Crippen LogP contribution is 2.29. The number of anilines is 1. The molecule has 1 aliphatic heterocycles. The van der Waals surface area contributed by atoms with E-state index in [1.165, 1.54) is 0 Å². The van der Waals surface area contributed by atoms with Crippen LogP contribution in [0.25, 0.3) is 0 Å². The molecule has 2 aromatic carbocycles. The molecule has 1 saturated heterocycles. The Morgan fingerprint density at radius 2 is 1.92 bits per heavy atom. The number of rotatable bonds is 4. The van der Waals surface area contributed by atoms with Crippen LogP contribution in [-0.4, -0.2) is 39.0 Å². The largest absolute Gasteiger partial charge is 0.497 e. The van der Waals surface area contributed by atoms with Crippen molar-refractivity contribution in [1.82, 2.24) is 0 Å². The van der Waals surface area contributed by atoms with Gasteiger partial charge in [-0.25, -0.2) is 8.42 Å². The van der Waals surface area contributed by atoms with Gasteiger partial charge in [-0.15, -0.1) is 0 Å². The van der Waals surface area contributed by atoms with Gasteiger partial charge in [-0.3, -0.25) is 4.79 Å². The number of hydrogen-bond donors (Lipinski definition) is 0. The maximum atomic E-state index is 13.1. The van der Waals surface area contributed by atoms with Crippen LogP contribution >= 0.6 is 11.6 Å². The normalized spacial score (nSPS) is 18.7. The molecule has 0 bridgehead atoms. The summed E-state index contributed by atoms with van der Waals surface area (Å²) in [4.78, 5) is 14.7. The second kappa shape index (κ2) is 7.06. The van der Waals surface area contributed by atoms with Gasteiger partial charge >= 0.3 is 0 Å². The fourth-order valence-corrected chi connectivity index (χ4v) is 4.79. The first kappa shape index (κ1) is 17.8. The smallest absolute Gasteiger partial charge is 0.258 e. The number of carbonyl (C=O) groups is 1. The van der Waals surface area contributed by atoms with Crippen molar-refractivity contribution in [3.05, 3.63) is 59.1 Å². The van der Waals surface area contributed by atoms with Gasteiger partial charge in [0.1, 0.15) is 5.75 Å². The molecule has 2 aromatic rings. The summed E-state index contributed by atoms with van der Waals surface area (Å²) in [6.45, 7) is 0. The van der Waals surface area contributed by atoms with Gasteiger partial charge in [-0.2, -0.15) is 0 Å². The minimum absolute atomic E-state index is 0.0382.